The van der Waals surface area contributed by atoms with E-state index in [0.29, 0.717) is 13.0 Å². The van der Waals surface area contributed by atoms with Crippen LogP contribution in [0.25, 0.3) is 0 Å². The molecule has 1 saturated heterocycles. The molecule has 158 valence electrons. The summed E-state index contributed by atoms with van der Waals surface area (Å²) in [6.45, 7) is 9.28. The van der Waals surface area contributed by atoms with Crippen molar-refractivity contribution in [3.8, 4) is 0 Å². The molecule has 7 heteroatoms. The normalized spacial score (nSPS) is 20.8. The van der Waals surface area contributed by atoms with E-state index in [1.54, 1.807) is 0 Å². The predicted octanol–water partition coefficient (Wildman–Crippen LogP) is 2.52. The van der Waals surface area contributed by atoms with Gasteiger partial charge in [-0.1, -0.05) is 44.0 Å². The molecule has 1 fully saturated rings. The summed E-state index contributed by atoms with van der Waals surface area (Å²) in [5.41, 5.74) is 2.18. The predicted molar refractivity (Wildman–Crippen MR) is 112 cm³/mol. The summed E-state index contributed by atoms with van der Waals surface area (Å²) >= 11 is 0. The van der Waals surface area contributed by atoms with Gasteiger partial charge < -0.3 is 10.1 Å². The van der Waals surface area contributed by atoms with Gasteiger partial charge in [0, 0.05) is 26.2 Å². The Balaban J connectivity index is 1.77. The van der Waals surface area contributed by atoms with E-state index in [9.17, 15) is 13.2 Å². The SMILES string of the molecule is CCCCCS(=O)(=O)CC(=O)NCc1ccc(CN2CC(C)OC(C)C2)cc1. The Bertz CT molecular complexity index is 708. The van der Waals surface area contributed by atoms with Gasteiger partial charge in [-0.3, -0.25) is 9.69 Å². The number of unbranched alkanes of at least 4 members (excludes halogenated alkanes) is 2. The average molecular weight is 411 g/mol. The van der Waals surface area contributed by atoms with Crippen LogP contribution in [-0.4, -0.2) is 56.0 Å². The first-order chi connectivity index (χ1) is 13.3. The van der Waals surface area contributed by atoms with Crippen molar-refractivity contribution in [3.05, 3.63) is 35.4 Å². The summed E-state index contributed by atoms with van der Waals surface area (Å²) in [5.74, 6) is -0.777. The fourth-order valence-corrected chi connectivity index (χ4v) is 4.82. The van der Waals surface area contributed by atoms with Crippen LogP contribution in [0.3, 0.4) is 0 Å². The number of nitrogens with zero attached hydrogens (tertiary/aromatic N) is 1. The van der Waals surface area contributed by atoms with Crippen molar-refractivity contribution >= 4 is 15.7 Å². The minimum atomic E-state index is -3.32. The first-order valence-corrected chi connectivity index (χ1v) is 12.0. The maximum atomic E-state index is 11.9. The van der Waals surface area contributed by atoms with Crippen LogP contribution in [0.2, 0.25) is 0 Å². The van der Waals surface area contributed by atoms with Crippen LogP contribution < -0.4 is 5.32 Å². The van der Waals surface area contributed by atoms with E-state index < -0.39 is 21.5 Å². The molecular weight excluding hydrogens is 376 g/mol. The van der Waals surface area contributed by atoms with Crippen LogP contribution in [0.1, 0.15) is 51.2 Å². The first-order valence-electron chi connectivity index (χ1n) is 10.2. The Labute approximate surface area is 169 Å². The molecule has 1 aromatic carbocycles. The molecular formula is C21H34N2O4S. The molecule has 0 aliphatic carbocycles. The minimum Gasteiger partial charge on any atom is -0.373 e. The lowest BCUT2D eigenvalue weighted by Crippen LogP contribution is -2.44. The molecule has 1 aliphatic heterocycles. The molecule has 0 bridgehead atoms. The van der Waals surface area contributed by atoms with Gasteiger partial charge in [0.1, 0.15) is 5.75 Å². The second-order valence-electron chi connectivity index (χ2n) is 7.84. The zero-order valence-electron chi connectivity index (χ0n) is 17.3. The smallest absolute Gasteiger partial charge is 0.235 e. The van der Waals surface area contributed by atoms with Crippen LogP contribution in [0.15, 0.2) is 24.3 Å². The number of ether oxygens (including phenoxy) is 1. The third-order valence-corrected chi connectivity index (χ3v) is 6.44. The van der Waals surface area contributed by atoms with E-state index in [0.717, 1.165) is 38.0 Å². The van der Waals surface area contributed by atoms with E-state index >= 15 is 0 Å². The quantitative estimate of drug-likeness (QED) is 0.600. The van der Waals surface area contributed by atoms with Crippen molar-refractivity contribution < 1.29 is 17.9 Å². The summed E-state index contributed by atoms with van der Waals surface area (Å²) in [6.07, 6.45) is 2.94. The van der Waals surface area contributed by atoms with Gasteiger partial charge >= 0.3 is 0 Å². The number of hydrogen-bond donors (Lipinski definition) is 1. The summed E-state index contributed by atoms with van der Waals surface area (Å²) in [7, 11) is -3.32. The van der Waals surface area contributed by atoms with Crippen LogP contribution in [0.4, 0.5) is 0 Å². The molecule has 28 heavy (non-hydrogen) atoms. The highest BCUT2D eigenvalue weighted by Crippen LogP contribution is 2.14. The molecule has 0 radical (unpaired) electrons. The van der Waals surface area contributed by atoms with Crippen LogP contribution in [0.5, 0.6) is 0 Å². The van der Waals surface area contributed by atoms with E-state index in [1.807, 2.05) is 19.1 Å². The van der Waals surface area contributed by atoms with E-state index in [4.69, 9.17) is 4.74 Å². The fourth-order valence-electron chi connectivity index (χ4n) is 3.53. The van der Waals surface area contributed by atoms with Gasteiger partial charge in [0.25, 0.3) is 0 Å². The molecule has 1 aliphatic rings. The molecule has 1 amide bonds. The van der Waals surface area contributed by atoms with Crippen molar-refractivity contribution in [2.24, 2.45) is 0 Å². The summed E-state index contributed by atoms with van der Waals surface area (Å²) in [5, 5.41) is 2.71. The fraction of sp³-hybridized carbons (Fsp3) is 0.667. The third-order valence-electron chi connectivity index (χ3n) is 4.82. The van der Waals surface area contributed by atoms with E-state index in [-0.39, 0.29) is 18.0 Å². The Kier molecular flexibility index (Phi) is 8.92. The molecule has 2 rings (SSSR count). The van der Waals surface area contributed by atoms with E-state index in [1.165, 1.54) is 5.56 Å². The van der Waals surface area contributed by atoms with Crippen LogP contribution >= 0.6 is 0 Å². The number of carbonyl (C=O) groups excluding carboxylic acids is 1. The van der Waals surface area contributed by atoms with Gasteiger partial charge in [0.15, 0.2) is 9.84 Å². The second-order valence-corrected chi connectivity index (χ2v) is 10.0. The zero-order valence-corrected chi connectivity index (χ0v) is 18.1. The second kappa shape index (κ2) is 10.9. The number of carbonyl (C=O) groups is 1. The number of rotatable bonds is 10. The van der Waals surface area contributed by atoms with Gasteiger partial charge in [-0.25, -0.2) is 8.42 Å². The maximum absolute atomic E-state index is 11.9. The maximum Gasteiger partial charge on any atom is 0.235 e. The number of morpholine rings is 1. The highest BCUT2D eigenvalue weighted by atomic mass is 32.2. The molecule has 6 nitrogen and oxygen atoms in total. The summed E-state index contributed by atoms with van der Waals surface area (Å²) < 4.78 is 29.6. The Morgan fingerprint density at radius 3 is 2.32 bits per heavy atom. The molecule has 0 spiro atoms. The Morgan fingerprint density at radius 2 is 1.71 bits per heavy atom. The monoisotopic (exact) mass is 410 g/mol. The van der Waals surface area contributed by atoms with Gasteiger partial charge in [0.05, 0.1) is 18.0 Å². The van der Waals surface area contributed by atoms with E-state index in [2.05, 4.69) is 36.2 Å². The van der Waals surface area contributed by atoms with Crippen LogP contribution in [-0.2, 0) is 32.5 Å². The minimum absolute atomic E-state index is 0.0851. The molecule has 0 aromatic heterocycles. The van der Waals surface area contributed by atoms with Crippen molar-refractivity contribution in [1.29, 1.82) is 0 Å². The Morgan fingerprint density at radius 1 is 1.11 bits per heavy atom. The summed E-state index contributed by atoms with van der Waals surface area (Å²) in [4.78, 5) is 14.3. The number of hydrogen-bond acceptors (Lipinski definition) is 5. The molecule has 1 aromatic rings. The lowest BCUT2D eigenvalue weighted by atomic mass is 10.1. The van der Waals surface area contributed by atoms with Crippen molar-refractivity contribution in [2.45, 2.75) is 65.3 Å². The van der Waals surface area contributed by atoms with Crippen LogP contribution in [0, 0.1) is 0 Å². The molecule has 2 unspecified atom stereocenters. The molecule has 1 N–H and O–H groups in total. The largest absolute Gasteiger partial charge is 0.373 e. The third kappa shape index (κ3) is 8.29. The van der Waals surface area contributed by atoms with Crippen molar-refractivity contribution in [3.63, 3.8) is 0 Å². The number of nitrogens with one attached hydrogen (secondary N) is 1. The van der Waals surface area contributed by atoms with Gasteiger partial charge in [-0.05, 0) is 31.4 Å². The lowest BCUT2D eigenvalue weighted by Gasteiger charge is -2.35. The molecule has 1 heterocycles. The lowest BCUT2D eigenvalue weighted by molar-refractivity contribution is -0.118. The Hall–Kier alpha value is -1.44. The number of sulfone groups is 1. The highest BCUT2D eigenvalue weighted by Gasteiger charge is 2.22. The van der Waals surface area contributed by atoms with Crippen molar-refractivity contribution in [1.82, 2.24) is 10.2 Å². The summed E-state index contributed by atoms with van der Waals surface area (Å²) in [6, 6.07) is 8.10. The number of benzene rings is 1. The average Bonchev–Trinajstić information content (AvgIpc) is 2.60. The topological polar surface area (TPSA) is 75.7 Å². The van der Waals surface area contributed by atoms with Gasteiger partial charge in [0.2, 0.25) is 5.91 Å². The zero-order chi connectivity index (χ0) is 20.6. The van der Waals surface area contributed by atoms with Gasteiger partial charge in [-0.15, -0.1) is 0 Å². The number of amides is 1. The first kappa shape index (κ1) is 22.8. The highest BCUT2D eigenvalue weighted by molar-refractivity contribution is 7.92. The van der Waals surface area contributed by atoms with Crippen molar-refractivity contribution in [2.75, 3.05) is 24.6 Å². The molecule has 2 atom stereocenters. The van der Waals surface area contributed by atoms with Gasteiger partial charge in [-0.2, -0.15) is 0 Å². The molecule has 0 saturated carbocycles. The standard InChI is InChI=1S/C21H34N2O4S/c1-4-5-6-11-28(25,26)16-21(24)22-12-19-7-9-20(10-8-19)15-23-13-17(2)27-18(3)14-23/h7-10,17-18H,4-6,11-16H2,1-3H3,(H,22,24).